The Hall–Kier alpha value is -3.61. The van der Waals surface area contributed by atoms with E-state index in [-0.39, 0.29) is 29.1 Å². The van der Waals surface area contributed by atoms with Crippen molar-refractivity contribution < 1.29 is 14.0 Å². The Morgan fingerprint density at radius 2 is 1.48 bits per heavy atom. The van der Waals surface area contributed by atoms with E-state index < -0.39 is 14.5 Å². The Labute approximate surface area is 252 Å². The van der Waals surface area contributed by atoms with Crippen molar-refractivity contribution in [3.8, 4) is 0 Å². The highest BCUT2D eigenvalue weighted by atomic mass is 28.4. The molecule has 0 aromatic heterocycles. The van der Waals surface area contributed by atoms with Crippen molar-refractivity contribution in [3.05, 3.63) is 121 Å². The largest absolute Gasteiger partial charge is 0.471 e. The van der Waals surface area contributed by atoms with Crippen LogP contribution >= 0.6 is 0 Å². The highest BCUT2D eigenvalue weighted by Gasteiger charge is 2.51. The number of likely N-dealkylation sites (N-methyl/N-ethyl adjacent to an activating group) is 1. The summed E-state index contributed by atoms with van der Waals surface area (Å²) in [5.41, 5.74) is 1.98. The summed E-state index contributed by atoms with van der Waals surface area (Å²) in [5.74, 6) is 0.845. The van der Waals surface area contributed by atoms with Gasteiger partial charge in [0.05, 0.1) is 12.1 Å². The van der Waals surface area contributed by atoms with Crippen LogP contribution in [0.2, 0.25) is 5.04 Å². The van der Waals surface area contributed by atoms with Gasteiger partial charge >= 0.3 is 6.03 Å². The van der Waals surface area contributed by atoms with E-state index >= 15 is 0 Å². The lowest BCUT2D eigenvalue weighted by Gasteiger charge is -2.44. The summed E-state index contributed by atoms with van der Waals surface area (Å²) in [7, 11) is -0.821. The molecule has 2 heterocycles. The van der Waals surface area contributed by atoms with E-state index in [0.29, 0.717) is 13.0 Å². The lowest BCUT2D eigenvalue weighted by atomic mass is 9.98. The van der Waals surface area contributed by atoms with Gasteiger partial charge in [-0.25, -0.2) is 4.79 Å². The van der Waals surface area contributed by atoms with Crippen molar-refractivity contribution >= 4 is 24.7 Å². The monoisotopic (exact) mass is 580 g/mol. The molecule has 42 heavy (non-hydrogen) atoms. The molecule has 0 spiro atoms. The van der Waals surface area contributed by atoms with Crippen molar-refractivity contribution in [1.29, 1.82) is 0 Å². The summed E-state index contributed by atoms with van der Waals surface area (Å²) in [6, 6.07) is 31.5. The summed E-state index contributed by atoms with van der Waals surface area (Å²) < 4.78 is 13.9. The van der Waals surface area contributed by atoms with Gasteiger partial charge in [-0.05, 0) is 46.0 Å². The Kier molecular flexibility index (Phi) is 8.49. The first-order chi connectivity index (χ1) is 20.1. The topological polar surface area (TPSA) is 42.0 Å². The van der Waals surface area contributed by atoms with Crippen LogP contribution in [0.3, 0.4) is 0 Å². The van der Waals surface area contributed by atoms with Crippen LogP contribution in [0.15, 0.2) is 115 Å². The zero-order valence-corrected chi connectivity index (χ0v) is 26.8. The van der Waals surface area contributed by atoms with Crippen LogP contribution in [0, 0.1) is 5.92 Å². The van der Waals surface area contributed by atoms with Gasteiger partial charge in [-0.2, -0.15) is 0 Å². The van der Waals surface area contributed by atoms with E-state index in [1.54, 1.807) is 0 Å². The highest BCUT2D eigenvalue weighted by molar-refractivity contribution is 6.99. The Morgan fingerprint density at radius 3 is 2.00 bits per heavy atom. The molecule has 0 aliphatic carbocycles. The molecular formula is C36H44N2O3Si. The van der Waals surface area contributed by atoms with E-state index in [4.69, 9.17) is 9.16 Å². The van der Waals surface area contributed by atoms with Gasteiger partial charge in [0.25, 0.3) is 8.32 Å². The maximum atomic E-state index is 13.6. The van der Waals surface area contributed by atoms with Crippen molar-refractivity contribution in [2.75, 3.05) is 13.7 Å². The second-order valence-electron chi connectivity index (χ2n) is 12.7. The van der Waals surface area contributed by atoms with Crippen molar-refractivity contribution in [1.82, 2.24) is 9.80 Å². The molecule has 2 aliphatic heterocycles. The summed E-state index contributed by atoms with van der Waals surface area (Å²) in [6.07, 6.45) is 2.24. The molecule has 1 fully saturated rings. The first kappa shape index (κ1) is 29.9. The molecule has 0 N–H and O–H groups in total. The normalized spacial score (nSPS) is 22.1. The number of hydrogen-bond acceptors (Lipinski definition) is 3. The van der Waals surface area contributed by atoms with Gasteiger partial charge in [-0.1, -0.05) is 125 Å². The molecule has 0 unspecified atom stereocenters. The first-order valence-corrected chi connectivity index (χ1v) is 16.9. The third-order valence-corrected chi connectivity index (χ3v) is 13.9. The third-order valence-electron chi connectivity index (χ3n) is 8.90. The Bertz CT molecular complexity index is 1380. The summed E-state index contributed by atoms with van der Waals surface area (Å²) in [6.45, 7) is 16.0. The van der Waals surface area contributed by atoms with Gasteiger partial charge < -0.3 is 14.1 Å². The molecule has 0 radical (unpaired) electrons. The molecule has 1 saturated heterocycles. The molecule has 3 aromatic rings. The minimum absolute atomic E-state index is 0.00144. The molecular weight excluding hydrogens is 536 g/mol. The van der Waals surface area contributed by atoms with Crippen LogP contribution in [0.25, 0.3) is 0 Å². The lowest BCUT2D eigenvalue weighted by molar-refractivity contribution is -0.00616. The van der Waals surface area contributed by atoms with Gasteiger partial charge in [-0.15, -0.1) is 0 Å². The zero-order valence-electron chi connectivity index (χ0n) is 25.8. The fraction of sp³-hybridized carbons (Fsp3) is 0.361. The maximum absolute atomic E-state index is 13.6. The average molecular weight is 581 g/mol. The van der Waals surface area contributed by atoms with Crippen LogP contribution < -0.4 is 10.4 Å². The third kappa shape index (κ3) is 5.34. The summed E-state index contributed by atoms with van der Waals surface area (Å²) in [4.78, 5) is 17.3. The molecule has 4 atom stereocenters. The number of nitrogens with zero attached hydrogens (tertiary/aromatic N) is 2. The standard InChI is InChI=1S/C36H44N2O3Si/c1-26-23-24-32(41-34(26)38-33(28(3)37(7)35(38)39)29-17-11-8-12-18-29)27(2)25-40-42(36(4,5)6,30-19-13-9-14-20-30)31-21-15-10-16-22-31/h8-22,24,27-28,33-34H,1,23,25H2,2-7H3/t27-,28+,33+,34+/m1/s1. The second-order valence-corrected chi connectivity index (χ2v) is 17.0. The van der Waals surface area contributed by atoms with Gasteiger partial charge in [0, 0.05) is 19.6 Å². The minimum Gasteiger partial charge on any atom is -0.471 e. The van der Waals surface area contributed by atoms with Gasteiger partial charge in [0.1, 0.15) is 5.76 Å². The van der Waals surface area contributed by atoms with Crippen LogP contribution in [-0.2, 0) is 9.16 Å². The van der Waals surface area contributed by atoms with Crippen LogP contribution in [0.1, 0.15) is 52.6 Å². The number of allylic oxidation sites excluding steroid dienone is 1. The predicted molar refractivity (Wildman–Crippen MR) is 173 cm³/mol. The van der Waals surface area contributed by atoms with Gasteiger partial charge in [-0.3, -0.25) is 4.90 Å². The number of amides is 2. The van der Waals surface area contributed by atoms with Crippen molar-refractivity contribution in [2.24, 2.45) is 5.92 Å². The van der Waals surface area contributed by atoms with Crippen molar-refractivity contribution in [3.63, 3.8) is 0 Å². The average Bonchev–Trinajstić information content (AvgIpc) is 3.22. The van der Waals surface area contributed by atoms with E-state index in [9.17, 15) is 4.79 Å². The fourth-order valence-corrected chi connectivity index (χ4v) is 11.2. The molecule has 5 nitrogen and oxygen atoms in total. The summed E-state index contributed by atoms with van der Waals surface area (Å²) in [5, 5.41) is 2.40. The number of benzene rings is 3. The number of rotatable bonds is 8. The quantitative estimate of drug-likeness (QED) is 0.215. The molecule has 0 saturated carbocycles. The summed E-state index contributed by atoms with van der Waals surface area (Å²) >= 11 is 0. The van der Waals surface area contributed by atoms with Gasteiger partial charge in [0.15, 0.2) is 6.23 Å². The van der Waals surface area contributed by atoms with E-state index in [2.05, 4.69) is 120 Å². The minimum atomic E-state index is -2.69. The van der Waals surface area contributed by atoms with Gasteiger partial charge in [0.2, 0.25) is 0 Å². The molecule has 2 amide bonds. The lowest BCUT2D eigenvalue weighted by Crippen LogP contribution is -2.66. The molecule has 220 valence electrons. The van der Waals surface area contributed by atoms with E-state index in [0.717, 1.165) is 16.9 Å². The SMILES string of the molecule is C=C1CC=C([C@H](C)CO[Si](c2ccccc2)(c2ccccc2)C(C)(C)C)O[C@@H]1N1C(=O)N(C)[C@@H](C)[C@H]1c1ccccc1. The Balaban J connectivity index is 1.42. The molecule has 0 bridgehead atoms. The zero-order chi connectivity index (χ0) is 30.1. The molecule has 3 aromatic carbocycles. The second kappa shape index (κ2) is 11.9. The van der Waals surface area contributed by atoms with Crippen molar-refractivity contribution in [2.45, 2.75) is 64.4 Å². The number of urea groups is 1. The van der Waals surface area contributed by atoms with E-state index in [1.165, 1.54) is 10.4 Å². The molecule has 2 aliphatic rings. The van der Waals surface area contributed by atoms with Crippen LogP contribution in [-0.4, -0.2) is 50.1 Å². The fourth-order valence-electron chi connectivity index (χ4n) is 6.51. The smallest absolute Gasteiger partial charge is 0.323 e. The van der Waals surface area contributed by atoms with Crippen LogP contribution in [0.4, 0.5) is 4.79 Å². The number of ether oxygens (including phenoxy) is 1. The number of carbonyl (C=O) groups is 1. The van der Waals surface area contributed by atoms with Crippen LogP contribution in [0.5, 0.6) is 0 Å². The van der Waals surface area contributed by atoms with E-state index in [1.807, 2.05) is 35.0 Å². The number of carbonyl (C=O) groups excluding carboxylic acids is 1. The first-order valence-electron chi connectivity index (χ1n) is 15.0. The Morgan fingerprint density at radius 1 is 0.952 bits per heavy atom. The maximum Gasteiger partial charge on any atom is 0.323 e. The highest BCUT2D eigenvalue weighted by Crippen LogP contribution is 2.41. The molecule has 5 rings (SSSR count). The molecule has 6 heteroatoms. The number of hydrogen-bond donors (Lipinski definition) is 0. The predicted octanol–water partition coefficient (Wildman–Crippen LogP) is 6.88.